The van der Waals surface area contributed by atoms with Crippen LogP contribution in [0.3, 0.4) is 0 Å². The van der Waals surface area contributed by atoms with Gasteiger partial charge in [0.15, 0.2) is 0 Å². The molecule has 0 aromatic carbocycles. The Bertz CT molecular complexity index is 556. The second-order valence-electron chi connectivity index (χ2n) is 5.15. The molecule has 0 saturated carbocycles. The highest BCUT2D eigenvalue weighted by molar-refractivity contribution is 7.10. The van der Waals surface area contributed by atoms with Crippen molar-refractivity contribution in [3.63, 3.8) is 0 Å². The van der Waals surface area contributed by atoms with E-state index in [4.69, 9.17) is 0 Å². The summed E-state index contributed by atoms with van der Waals surface area (Å²) in [6.07, 6.45) is 1.78. The van der Waals surface area contributed by atoms with Crippen molar-refractivity contribution in [3.8, 4) is 0 Å². The highest BCUT2D eigenvalue weighted by atomic mass is 32.1. The van der Waals surface area contributed by atoms with Crippen molar-refractivity contribution in [2.24, 2.45) is 0 Å². The number of amides is 1. The quantitative estimate of drug-likeness (QED) is 0.892. The number of thiophene rings is 1. The summed E-state index contributed by atoms with van der Waals surface area (Å²) in [5.41, 5.74) is 0.971. The van der Waals surface area contributed by atoms with Gasteiger partial charge in [-0.2, -0.15) is 0 Å². The van der Waals surface area contributed by atoms with Crippen LogP contribution in [-0.4, -0.2) is 29.4 Å². The van der Waals surface area contributed by atoms with Crippen LogP contribution < -0.4 is 5.32 Å². The zero-order chi connectivity index (χ0) is 15.2. The predicted molar refractivity (Wildman–Crippen MR) is 86.2 cm³/mol. The molecule has 21 heavy (non-hydrogen) atoms. The maximum atomic E-state index is 12.1. The van der Waals surface area contributed by atoms with Gasteiger partial charge < -0.3 is 5.32 Å². The van der Waals surface area contributed by atoms with E-state index in [1.165, 1.54) is 4.88 Å². The van der Waals surface area contributed by atoms with Crippen LogP contribution in [0.25, 0.3) is 0 Å². The lowest BCUT2D eigenvalue weighted by molar-refractivity contribution is -0.123. The molecule has 2 aromatic heterocycles. The lowest BCUT2D eigenvalue weighted by atomic mass is 10.2. The van der Waals surface area contributed by atoms with Gasteiger partial charge in [0.25, 0.3) is 0 Å². The molecule has 0 unspecified atom stereocenters. The molecule has 0 aliphatic carbocycles. The van der Waals surface area contributed by atoms with Crippen molar-refractivity contribution in [3.05, 3.63) is 52.5 Å². The molecule has 0 radical (unpaired) electrons. The molecule has 4 nitrogen and oxygen atoms in total. The fraction of sp³-hybridized carbons (Fsp3) is 0.375. The van der Waals surface area contributed by atoms with Gasteiger partial charge in [-0.05, 0) is 44.5 Å². The molecule has 2 rings (SSSR count). The molecule has 5 heteroatoms. The highest BCUT2D eigenvalue weighted by Crippen LogP contribution is 2.19. The second kappa shape index (κ2) is 7.33. The van der Waals surface area contributed by atoms with Gasteiger partial charge in [0.2, 0.25) is 5.91 Å². The molecule has 0 aliphatic heterocycles. The average Bonchev–Trinajstić information content (AvgIpc) is 3.01. The first kappa shape index (κ1) is 15.7. The van der Waals surface area contributed by atoms with Crippen LogP contribution in [-0.2, 0) is 4.79 Å². The van der Waals surface area contributed by atoms with E-state index in [1.807, 2.05) is 54.6 Å². The van der Waals surface area contributed by atoms with E-state index in [-0.39, 0.29) is 18.0 Å². The molecule has 0 aliphatic rings. The van der Waals surface area contributed by atoms with E-state index in [1.54, 1.807) is 17.5 Å². The molecule has 1 N–H and O–H groups in total. The van der Waals surface area contributed by atoms with Crippen LogP contribution in [0, 0.1) is 0 Å². The highest BCUT2D eigenvalue weighted by Gasteiger charge is 2.17. The van der Waals surface area contributed by atoms with Crippen LogP contribution in [0.5, 0.6) is 0 Å². The van der Waals surface area contributed by atoms with E-state index in [9.17, 15) is 4.79 Å². The summed E-state index contributed by atoms with van der Waals surface area (Å²) < 4.78 is 0. The van der Waals surface area contributed by atoms with Crippen LogP contribution in [0.4, 0.5) is 0 Å². The molecule has 2 heterocycles. The van der Waals surface area contributed by atoms with Gasteiger partial charge in [-0.25, -0.2) is 0 Å². The summed E-state index contributed by atoms with van der Waals surface area (Å²) in [7, 11) is 1.94. The van der Waals surface area contributed by atoms with Crippen molar-refractivity contribution in [2.45, 2.75) is 25.9 Å². The minimum absolute atomic E-state index is 0.0289. The molecule has 2 aromatic rings. The van der Waals surface area contributed by atoms with Gasteiger partial charge in [-0.3, -0.25) is 14.7 Å². The Hall–Kier alpha value is -1.72. The molecule has 112 valence electrons. The molecule has 0 saturated heterocycles. The van der Waals surface area contributed by atoms with Crippen LogP contribution >= 0.6 is 11.3 Å². The smallest absolute Gasteiger partial charge is 0.234 e. The first-order chi connectivity index (χ1) is 10.1. The number of carbonyl (C=O) groups excluding carboxylic acids is 1. The third-order valence-electron chi connectivity index (χ3n) is 3.52. The number of pyridine rings is 1. The summed E-state index contributed by atoms with van der Waals surface area (Å²) >= 11 is 1.66. The largest absolute Gasteiger partial charge is 0.348 e. The maximum Gasteiger partial charge on any atom is 0.234 e. The van der Waals surface area contributed by atoms with E-state index in [2.05, 4.69) is 17.2 Å². The van der Waals surface area contributed by atoms with Crippen molar-refractivity contribution < 1.29 is 4.79 Å². The van der Waals surface area contributed by atoms with E-state index in [0.717, 1.165) is 5.69 Å². The molecule has 0 fully saturated rings. The van der Waals surface area contributed by atoms with E-state index in [0.29, 0.717) is 6.54 Å². The molecule has 0 bridgehead atoms. The Morgan fingerprint density at radius 2 is 2.14 bits per heavy atom. The fourth-order valence-corrected chi connectivity index (χ4v) is 2.84. The molecule has 0 spiro atoms. The van der Waals surface area contributed by atoms with Crippen molar-refractivity contribution in [1.82, 2.24) is 15.2 Å². The van der Waals surface area contributed by atoms with Crippen molar-refractivity contribution in [1.29, 1.82) is 0 Å². The first-order valence-electron chi connectivity index (χ1n) is 7.02. The van der Waals surface area contributed by atoms with Crippen molar-refractivity contribution in [2.75, 3.05) is 13.6 Å². The number of hydrogen-bond donors (Lipinski definition) is 1. The SMILES string of the molecule is C[C@H](c1ccccn1)N(C)CC(=O)N[C@H](C)c1cccs1. The standard InChI is InChI=1S/C16H21N3OS/c1-12(15-8-6-10-21-15)18-16(20)11-19(3)13(2)14-7-4-5-9-17-14/h4-10,12-13H,11H2,1-3H3,(H,18,20)/t12-,13-/m1/s1. The second-order valence-corrected chi connectivity index (χ2v) is 6.13. The Kier molecular flexibility index (Phi) is 5.47. The fourth-order valence-electron chi connectivity index (χ4n) is 2.11. The zero-order valence-corrected chi connectivity index (χ0v) is 13.4. The van der Waals surface area contributed by atoms with Crippen molar-refractivity contribution >= 4 is 17.2 Å². The Morgan fingerprint density at radius 3 is 2.76 bits per heavy atom. The third-order valence-corrected chi connectivity index (χ3v) is 4.57. The molecular weight excluding hydrogens is 282 g/mol. The number of aromatic nitrogens is 1. The van der Waals surface area contributed by atoms with Gasteiger partial charge >= 0.3 is 0 Å². The molecule has 2 atom stereocenters. The molecular formula is C16H21N3OS. The van der Waals surface area contributed by atoms with Gasteiger partial charge in [0.05, 0.1) is 18.3 Å². The van der Waals surface area contributed by atoms with Gasteiger partial charge in [-0.1, -0.05) is 12.1 Å². The summed E-state index contributed by atoms with van der Waals surface area (Å²) in [6, 6.07) is 10.0. The zero-order valence-electron chi connectivity index (χ0n) is 12.6. The Balaban J connectivity index is 1.87. The third kappa shape index (κ3) is 4.37. The number of rotatable bonds is 6. The van der Waals surface area contributed by atoms with Gasteiger partial charge in [0.1, 0.15) is 0 Å². The minimum atomic E-state index is 0.0289. The topological polar surface area (TPSA) is 45.2 Å². The lowest BCUT2D eigenvalue weighted by Crippen LogP contribution is -2.37. The lowest BCUT2D eigenvalue weighted by Gasteiger charge is -2.24. The van der Waals surface area contributed by atoms with Crippen LogP contribution in [0.2, 0.25) is 0 Å². The van der Waals surface area contributed by atoms with E-state index < -0.39 is 0 Å². The molecule has 1 amide bonds. The number of carbonyl (C=O) groups is 1. The van der Waals surface area contributed by atoms with Gasteiger partial charge in [-0.15, -0.1) is 11.3 Å². The summed E-state index contributed by atoms with van der Waals surface area (Å²) in [5.74, 6) is 0.0289. The van der Waals surface area contributed by atoms with Crippen LogP contribution in [0.1, 0.15) is 36.5 Å². The summed E-state index contributed by atoms with van der Waals surface area (Å²) in [5, 5.41) is 5.05. The number of hydrogen-bond acceptors (Lipinski definition) is 4. The summed E-state index contributed by atoms with van der Waals surface area (Å²) in [6.45, 7) is 4.41. The predicted octanol–water partition coefficient (Wildman–Crippen LogP) is 3.01. The van der Waals surface area contributed by atoms with Crippen LogP contribution in [0.15, 0.2) is 41.9 Å². The first-order valence-corrected chi connectivity index (χ1v) is 7.90. The monoisotopic (exact) mass is 303 g/mol. The number of nitrogens with one attached hydrogen (secondary N) is 1. The maximum absolute atomic E-state index is 12.1. The minimum Gasteiger partial charge on any atom is -0.348 e. The average molecular weight is 303 g/mol. The van der Waals surface area contributed by atoms with Gasteiger partial charge in [0, 0.05) is 17.1 Å². The number of nitrogens with zero attached hydrogens (tertiary/aromatic N) is 2. The Morgan fingerprint density at radius 1 is 1.33 bits per heavy atom. The summed E-state index contributed by atoms with van der Waals surface area (Å²) in [4.78, 5) is 19.6. The van der Waals surface area contributed by atoms with E-state index >= 15 is 0 Å². The Labute approximate surface area is 129 Å². The number of likely N-dealkylation sites (N-methyl/N-ethyl adjacent to an activating group) is 1. The normalized spacial score (nSPS) is 13.9.